The molecular weight excluding hydrogens is 240 g/mol. The van der Waals surface area contributed by atoms with Crippen LogP contribution in [0.1, 0.15) is 13.3 Å². The van der Waals surface area contributed by atoms with Gasteiger partial charge in [-0.3, -0.25) is 0 Å². The van der Waals surface area contributed by atoms with Crippen LogP contribution in [0.5, 0.6) is 5.75 Å². The Kier molecular flexibility index (Phi) is 5.98. The monoisotopic (exact) mass is 264 g/mol. The van der Waals surface area contributed by atoms with Gasteiger partial charge in [-0.2, -0.15) is 0 Å². The summed E-state index contributed by atoms with van der Waals surface area (Å²) in [5.74, 6) is 0.913. The summed E-state index contributed by atoms with van der Waals surface area (Å²) in [6.45, 7) is 8.37. The Balaban J connectivity index is 1.83. The van der Waals surface area contributed by atoms with E-state index in [9.17, 15) is 0 Å². The summed E-state index contributed by atoms with van der Waals surface area (Å²) in [5.41, 5.74) is 1.28. The van der Waals surface area contributed by atoms with E-state index in [1.54, 1.807) is 0 Å². The third kappa shape index (κ3) is 4.73. The van der Waals surface area contributed by atoms with Crippen LogP contribution in [0, 0.1) is 0 Å². The normalized spacial score (nSPS) is 16.2. The lowest BCUT2D eigenvalue weighted by Crippen LogP contribution is -2.27. The lowest BCUT2D eigenvalue weighted by Gasteiger charge is -2.22. The van der Waals surface area contributed by atoms with Crippen molar-refractivity contribution in [2.75, 3.05) is 50.9 Å². The summed E-state index contributed by atoms with van der Waals surface area (Å²) >= 11 is 0. The second kappa shape index (κ2) is 8.02. The van der Waals surface area contributed by atoms with E-state index in [2.05, 4.69) is 22.3 Å². The molecule has 4 nitrogen and oxygen atoms in total. The lowest BCUT2D eigenvalue weighted by atomic mass is 10.2. The molecule has 1 heterocycles. The zero-order chi connectivity index (χ0) is 13.3. The lowest BCUT2D eigenvalue weighted by molar-refractivity contribution is 0.110. The minimum Gasteiger partial charge on any atom is -0.491 e. The van der Waals surface area contributed by atoms with Gasteiger partial charge in [0.15, 0.2) is 0 Å². The molecule has 0 aromatic heterocycles. The van der Waals surface area contributed by atoms with Gasteiger partial charge in [0.2, 0.25) is 0 Å². The Morgan fingerprint density at radius 3 is 2.74 bits per heavy atom. The van der Waals surface area contributed by atoms with Gasteiger partial charge >= 0.3 is 0 Å². The summed E-state index contributed by atoms with van der Waals surface area (Å²) in [6.07, 6.45) is 1.20. The number of hydrogen-bond acceptors (Lipinski definition) is 4. The average Bonchev–Trinajstić information content (AvgIpc) is 2.73. The molecule has 1 aromatic carbocycles. The molecule has 0 radical (unpaired) electrons. The number of hydrogen-bond donors (Lipinski definition) is 1. The average molecular weight is 264 g/mol. The van der Waals surface area contributed by atoms with Gasteiger partial charge in [-0.05, 0) is 44.2 Å². The molecular formula is C15H24N2O2. The molecule has 1 aromatic rings. The second-order valence-electron chi connectivity index (χ2n) is 4.63. The van der Waals surface area contributed by atoms with E-state index in [4.69, 9.17) is 9.47 Å². The minimum atomic E-state index is 0.612. The second-order valence-corrected chi connectivity index (χ2v) is 4.63. The van der Waals surface area contributed by atoms with Crippen LogP contribution in [0.15, 0.2) is 24.3 Å². The Morgan fingerprint density at radius 2 is 1.95 bits per heavy atom. The maximum Gasteiger partial charge on any atom is 0.119 e. The standard InChI is InChI=1S/C15H24N2O2/c1-2-18-12-13-19-15-6-4-14(5-7-15)17-10-3-8-16-9-11-17/h4-7,16H,2-3,8-13H2,1H3. The third-order valence-electron chi connectivity index (χ3n) is 3.24. The first-order valence-corrected chi connectivity index (χ1v) is 7.16. The maximum atomic E-state index is 5.62. The quantitative estimate of drug-likeness (QED) is 0.796. The van der Waals surface area contributed by atoms with Crippen molar-refractivity contribution in [2.24, 2.45) is 0 Å². The molecule has 2 rings (SSSR count). The number of nitrogens with zero attached hydrogens (tertiary/aromatic N) is 1. The Morgan fingerprint density at radius 1 is 1.11 bits per heavy atom. The molecule has 0 aliphatic carbocycles. The Hall–Kier alpha value is -1.26. The summed E-state index contributed by atoms with van der Waals surface area (Å²) in [7, 11) is 0. The highest BCUT2D eigenvalue weighted by molar-refractivity contribution is 5.49. The van der Waals surface area contributed by atoms with Crippen LogP contribution in [0.2, 0.25) is 0 Å². The third-order valence-corrected chi connectivity index (χ3v) is 3.24. The predicted octanol–water partition coefficient (Wildman–Crippen LogP) is 1.90. The van der Waals surface area contributed by atoms with Gasteiger partial charge in [-0.1, -0.05) is 0 Å². The molecule has 1 aliphatic heterocycles. The molecule has 0 amide bonds. The van der Waals surface area contributed by atoms with Crippen molar-refractivity contribution >= 4 is 5.69 Å². The van der Waals surface area contributed by atoms with Gasteiger partial charge in [0.25, 0.3) is 0 Å². The van der Waals surface area contributed by atoms with Gasteiger partial charge in [0, 0.05) is 31.9 Å². The van der Waals surface area contributed by atoms with Gasteiger partial charge < -0.3 is 19.7 Å². The minimum absolute atomic E-state index is 0.612. The fourth-order valence-electron chi connectivity index (χ4n) is 2.22. The van der Waals surface area contributed by atoms with Crippen LogP contribution >= 0.6 is 0 Å². The largest absolute Gasteiger partial charge is 0.491 e. The summed E-state index contributed by atoms with van der Waals surface area (Å²) in [6, 6.07) is 8.36. The molecule has 19 heavy (non-hydrogen) atoms. The first-order valence-electron chi connectivity index (χ1n) is 7.16. The van der Waals surface area contributed by atoms with Crippen molar-refractivity contribution < 1.29 is 9.47 Å². The molecule has 1 N–H and O–H groups in total. The number of anilines is 1. The van der Waals surface area contributed by atoms with E-state index in [0.717, 1.165) is 38.5 Å². The van der Waals surface area contributed by atoms with Crippen LogP contribution in [0.3, 0.4) is 0 Å². The van der Waals surface area contributed by atoms with Crippen molar-refractivity contribution in [1.29, 1.82) is 0 Å². The van der Waals surface area contributed by atoms with Crippen molar-refractivity contribution in [3.63, 3.8) is 0 Å². The highest BCUT2D eigenvalue weighted by atomic mass is 16.5. The number of rotatable bonds is 6. The molecule has 1 saturated heterocycles. The van der Waals surface area contributed by atoms with E-state index in [1.165, 1.54) is 12.1 Å². The molecule has 106 valence electrons. The zero-order valence-corrected chi connectivity index (χ0v) is 11.7. The molecule has 1 aliphatic rings. The Labute approximate surface area is 115 Å². The van der Waals surface area contributed by atoms with Crippen LogP contribution in [-0.4, -0.2) is 46.0 Å². The highest BCUT2D eigenvalue weighted by Gasteiger charge is 2.09. The fourth-order valence-corrected chi connectivity index (χ4v) is 2.22. The highest BCUT2D eigenvalue weighted by Crippen LogP contribution is 2.20. The summed E-state index contributed by atoms with van der Waals surface area (Å²) in [4.78, 5) is 2.42. The van der Waals surface area contributed by atoms with Crippen molar-refractivity contribution in [2.45, 2.75) is 13.3 Å². The van der Waals surface area contributed by atoms with Crippen molar-refractivity contribution in [3.05, 3.63) is 24.3 Å². The SMILES string of the molecule is CCOCCOc1ccc(N2CCCNCC2)cc1. The predicted molar refractivity (Wildman–Crippen MR) is 78.1 cm³/mol. The summed E-state index contributed by atoms with van der Waals surface area (Å²) < 4.78 is 10.9. The number of ether oxygens (including phenoxy) is 2. The number of nitrogens with one attached hydrogen (secondary N) is 1. The number of benzene rings is 1. The zero-order valence-electron chi connectivity index (χ0n) is 11.7. The van der Waals surface area contributed by atoms with Crippen LogP contribution < -0.4 is 15.0 Å². The maximum absolute atomic E-state index is 5.62. The molecule has 0 bridgehead atoms. The van der Waals surface area contributed by atoms with E-state index in [-0.39, 0.29) is 0 Å². The molecule has 4 heteroatoms. The molecule has 1 fully saturated rings. The van der Waals surface area contributed by atoms with E-state index in [0.29, 0.717) is 13.2 Å². The smallest absolute Gasteiger partial charge is 0.119 e. The van der Waals surface area contributed by atoms with Gasteiger partial charge in [0.05, 0.1) is 6.61 Å². The first kappa shape index (κ1) is 14.2. The Bertz CT molecular complexity index is 346. The van der Waals surface area contributed by atoms with Crippen LogP contribution in [0.4, 0.5) is 5.69 Å². The molecule has 0 unspecified atom stereocenters. The van der Waals surface area contributed by atoms with E-state index >= 15 is 0 Å². The van der Waals surface area contributed by atoms with Gasteiger partial charge in [-0.15, -0.1) is 0 Å². The van der Waals surface area contributed by atoms with E-state index in [1.807, 2.05) is 19.1 Å². The fraction of sp³-hybridized carbons (Fsp3) is 0.600. The van der Waals surface area contributed by atoms with Gasteiger partial charge in [-0.25, -0.2) is 0 Å². The van der Waals surface area contributed by atoms with Crippen LogP contribution in [0.25, 0.3) is 0 Å². The molecule has 0 atom stereocenters. The van der Waals surface area contributed by atoms with Crippen LogP contribution in [-0.2, 0) is 4.74 Å². The van der Waals surface area contributed by atoms with Gasteiger partial charge in [0.1, 0.15) is 12.4 Å². The molecule has 0 spiro atoms. The topological polar surface area (TPSA) is 33.7 Å². The van der Waals surface area contributed by atoms with Crippen molar-refractivity contribution in [1.82, 2.24) is 5.32 Å². The summed E-state index contributed by atoms with van der Waals surface area (Å²) in [5, 5.41) is 3.42. The first-order chi connectivity index (χ1) is 9.40. The molecule has 0 saturated carbocycles. The van der Waals surface area contributed by atoms with Crippen molar-refractivity contribution in [3.8, 4) is 5.75 Å². The van der Waals surface area contributed by atoms with E-state index < -0.39 is 0 Å².